The summed E-state index contributed by atoms with van der Waals surface area (Å²) in [6.07, 6.45) is 0. The molecule has 0 aromatic heterocycles. The van der Waals surface area contributed by atoms with Gasteiger partial charge in [-0.1, -0.05) is 11.6 Å². The monoisotopic (exact) mass is 185 g/mol. The SMILES string of the molecule is C[N+](C)(C)c1ccc(N)c(Cl)c1. The molecule has 1 aromatic rings. The number of quaternary nitrogens is 1. The maximum atomic E-state index is 5.88. The Morgan fingerprint density at radius 2 is 1.83 bits per heavy atom. The summed E-state index contributed by atoms with van der Waals surface area (Å²) in [7, 11) is 6.26. The van der Waals surface area contributed by atoms with Crippen LogP contribution >= 0.6 is 11.6 Å². The first kappa shape index (κ1) is 9.36. The van der Waals surface area contributed by atoms with Gasteiger partial charge in [-0.25, -0.2) is 0 Å². The van der Waals surface area contributed by atoms with Gasteiger partial charge in [0.05, 0.1) is 31.9 Å². The van der Waals surface area contributed by atoms with Crippen LogP contribution in [0.25, 0.3) is 0 Å². The molecular weight excluding hydrogens is 172 g/mol. The Bertz CT molecular complexity index is 289. The molecule has 0 spiro atoms. The predicted molar refractivity (Wildman–Crippen MR) is 55.4 cm³/mol. The highest BCUT2D eigenvalue weighted by atomic mass is 35.5. The Morgan fingerprint density at radius 1 is 1.25 bits per heavy atom. The number of hydrogen-bond donors (Lipinski definition) is 1. The van der Waals surface area contributed by atoms with Crippen molar-refractivity contribution in [3.63, 3.8) is 0 Å². The van der Waals surface area contributed by atoms with E-state index in [1.807, 2.05) is 18.2 Å². The molecule has 3 heteroatoms. The first-order valence-corrected chi connectivity index (χ1v) is 4.16. The summed E-state index contributed by atoms with van der Waals surface area (Å²) >= 11 is 5.88. The Morgan fingerprint density at radius 3 is 2.25 bits per heavy atom. The summed E-state index contributed by atoms with van der Waals surface area (Å²) < 4.78 is 0.750. The minimum absolute atomic E-state index is 0.626. The minimum atomic E-state index is 0.626. The molecule has 0 bridgehead atoms. The van der Waals surface area contributed by atoms with Gasteiger partial charge >= 0.3 is 0 Å². The van der Waals surface area contributed by atoms with Gasteiger partial charge in [0.2, 0.25) is 0 Å². The standard InChI is InChI=1S/C9H14ClN2/c1-12(2,3)7-4-5-9(11)8(10)6-7/h4-6H,11H2,1-3H3/q+1. The molecule has 1 rings (SSSR count). The molecule has 0 heterocycles. The van der Waals surface area contributed by atoms with Gasteiger partial charge in [-0.3, -0.25) is 4.48 Å². The molecule has 0 radical (unpaired) electrons. The van der Waals surface area contributed by atoms with Crippen molar-refractivity contribution in [3.8, 4) is 0 Å². The van der Waals surface area contributed by atoms with Crippen molar-refractivity contribution in [2.45, 2.75) is 0 Å². The van der Waals surface area contributed by atoms with Crippen LogP contribution in [0.3, 0.4) is 0 Å². The average molecular weight is 186 g/mol. The van der Waals surface area contributed by atoms with Gasteiger partial charge in [-0.2, -0.15) is 0 Å². The fraction of sp³-hybridized carbons (Fsp3) is 0.333. The van der Waals surface area contributed by atoms with E-state index >= 15 is 0 Å². The van der Waals surface area contributed by atoms with Crippen LogP contribution < -0.4 is 10.2 Å². The highest BCUT2D eigenvalue weighted by molar-refractivity contribution is 6.33. The number of nitrogens with zero attached hydrogens (tertiary/aromatic N) is 1. The Balaban J connectivity index is 3.14. The Labute approximate surface area is 78.1 Å². The average Bonchev–Trinajstić information content (AvgIpc) is 1.92. The van der Waals surface area contributed by atoms with Crippen molar-refractivity contribution in [1.29, 1.82) is 0 Å². The van der Waals surface area contributed by atoms with Gasteiger partial charge in [0.25, 0.3) is 0 Å². The first-order valence-electron chi connectivity index (χ1n) is 3.78. The topological polar surface area (TPSA) is 26.0 Å². The van der Waals surface area contributed by atoms with Crippen LogP contribution in [-0.4, -0.2) is 21.1 Å². The van der Waals surface area contributed by atoms with Crippen LogP contribution in [-0.2, 0) is 0 Å². The van der Waals surface area contributed by atoms with Crippen molar-refractivity contribution >= 4 is 23.0 Å². The summed E-state index contributed by atoms with van der Waals surface area (Å²) in [4.78, 5) is 0. The lowest BCUT2D eigenvalue weighted by molar-refractivity contribution is 0.486. The molecule has 1 aromatic carbocycles. The molecule has 0 amide bonds. The van der Waals surface area contributed by atoms with E-state index in [1.54, 1.807) is 0 Å². The molecule has 0 aliphatic carbocycles. The molecule has 0 aliphatic heterocycles. The van der Waals surface area contributed by atoms with E-state index in [1.165, 1.54) is 0 Å². The second-order valence-corrected chi connectivity index (χ2v) is 4.13. The van der Waals surface area contributed by atoms with Crippen molar-refractivity contribution in [2.75, 3.05) is 26.9 Å². The zero-order valence-electron chi connectivity index (χ0n) is 7.63. The smallest absolute Gasteiger partial charge is 0.133 e. The van der Waals surface area contributed by atoms with Crippen LogP contribution in [0.1, 0.15) is 0 Å². The van der Waals surface area contributed by atoms with E-state index in [2.05, 4.69) is 21.1 Å². The number of nitrogens with two attached hydrogens (primary N) is 1. The van der Waals surface area contributed by atoms with Crippen LogP contribution in [0.5, 0.6) is 0 Å². The zero-order chi connectivity index (χ0) is 9.35. The number of hydrogen-bond acceptors (Lipinski definition) is 1. The molecule has 0 saturated heterocycles. The van der Waals surface area contributed by atoms with E-state index in [0.717, 1.165) is 10.2 Å². The van der Waals surface area contributed by atoms with Gasteiger partial charge in [-0.15, -0.1) is 0 Å². The molecule has 0 saturated carbocycles. The molecule has 2 nitrogen and oxygen atoms in total. The highest BCUT2D eigenvalue weighted by Gasteiger charge is 2.12. The van der Waals surface area contributed by atoms with Crippen molar-refractivity contribution in [1.82, 2.24) is 4.48 Å². The van der Waals surface area contributed by atoms with Gasteiger partial charge < -0.3 is 5.73 Å². The fourth-order valence-corrected chi connectivity index (χ4v) is 1.11. The quantitative estimate of drug-likeness (QED) is 0.527. The highest BCUT2D eigenvalue weighted by Crippen LogP contribution is 2.26. The summed E-state index contributed by atoms with van der Waals surface area (Å²) in [6.45, 7) is 0. The summed E-state index contributed by atoms with van der Waals surface area (Å²) in [6, 6.07) is 5.72. The van der Waals surface area contributed by atoms with E-state index in [4.69, 9.17) is 17.3 Å². The summed E-state index contributed by atoms with van der Waals surface area (Å²) in [5.41, 5.74) is 7.37. The molecule has 12 heavy (non-hydrogen) atoms. The van der Waals surface area contributed by atoms with E-state index in [-0.39, 0.29) is 0 Å². The van der Waals surface area contributed by atoms with Gasteiger partial charge in [0, 0.05) is 12.1 Å². The molecular formula is C9H14ClN2+. The number of rotatable bonds is 1. The number of nitrogen functional groups attached to an aromatic ring is 1. The zero-order valence-corrected chi connectivity index (χ0v) is 8.39. The van der Waals surface area contributed by atoms with Crippen LogP contribution in [0.4, 0.5) is 11.4 Å². The Hall–Kier alpha value is -0.730. The van der Waals surface area contributed by atoms with Gasteiger partial charge in [0.15, 0.2) is 0 Å². The second-order valence-electron chi connectivity index (χ2n) is 3.72. The number of anilines is 1. The van der Waals surface area contributed by atoms with Crippen LogP contribution in [0.15, 0.2) is 18.2 Å². The molecule has 0 aliphatic rings. The predicted octanol–water partition coefficient (Wildman–Crippen LogP) is 2.12. The molecule has 2 N–H and O–H groups in total. The molecule has 0 fully saturated rings. The van der Waals surface area contributed by atoms with Crippen molar-refractivity contribution in [2.24, 2.45) is 0 Å². The first-order chi connectivity index (χ1) is 5.41. The van der Waals surface area contributed by atoms with E-state index in [9.17, 15) is 0 Å². The number of halogens is 1. The van der Waals surface area contributed by atoms with Gasteiger partial charge in [-0.05, 0) is 6.07 Å². The summed E-state index contributed by atoms with van der Waals surface area (Å²) in [5, 5.41) is 0.626. The maximum Gasteiger partial charge on any atom is 0.133 e. The molecule has 66 valence electrons. The number of benzene rings is 1. The largest absolute Gasteiger partial charge is 0.398 e. The molecule has 0 unspecified atom stereocenters. The third-order valence-corrected chi connectivity index (χ3v) is 2.09. The third kappa shape index (κ3) is 1.90. The fourth-order valence-electron chi connectivity index (χ4n) is 0.933. The summed E-state index contributed by atoms with van der Waals surface area (Å²) in [5.74, 6) is 0. The van der Waals surface area contributed by atoms with E-state index in [0.29, 0.717) is 10.7 Å². The normalized spacial score (nSPS) is 11.7. The Kier molecular flexibility index (Phi) is 2.31. The lowest BCUT2D eigenvalue weighted by Gasteiger charge is -2.23. The van der Waals surface area contributed by atoms with Crippen molar-refractivity contribution < 1.29 is 0 Å². The third-order valence-electron chi connectivity index (χ3n) is 1.76. The minimum Gasteiger partial charge on any atom is -0.398 e. The lowest BCUT2D eigenvalue weighted by atomic mass is 10.2. The maximum absolute atomic E-state index is 5.88. The van der Waals surface area contributed by atoms with Crippen LogP contribution in [0.2, 0.25) is 5.02 Å². The van der Waals surface area contributed by atoms with E-state index < -0.39 is 0 Å². The van der Waals surface area contributed by atoms with Crippen molar-refractivity contribution in [3.05, 3.63) is 23.2 Å². The second kappa shape index (κ2) is 2.96. The lowest BCUT2D eigenvalue weighted by Crippen LogP contribution is -2.34. The van der Waals surface area contributed by atoms with Crippen LogP contribution in [0, 0.1) is 0 Å². The van der Waals surface area contributed by atoms with Gasteiger partial charge in [0.1, 0.15) is 5.69 Å². The molecule has 0 atom stereocenters.